The zero-order valence-electron chi connectivity index (χ0n) is 13.1. The number of methoxy groups -OCH3 is 1. The van der Waals surface area contributed by atoms with Crippen LogP contribution in [0.1, 0.15) is 32.3 Å². The summed E-state index contributed by atoms with van der Waals surface area (Å²) in [5.41, 5.74) is 5.85. The smallest absolute Gasteiger partial charge is 0.237 e. The van der Waals surface area contributed by atoms with E-state index < -0.39 is 5.54 Å². The number of primary amides is 1. The number of ether oxygens (including phenoxy) is 2. The average molecular weight is 294 g/mol. The summed E-state index contributed by atoms with van der Waals surface area (Å²) in [5.74, 6) is 0.486. The molecule has 1 atom stereocenters. The maximum atomic E-state index is 11.5. The van der Waals surface area contributed by atoms with Crippen LogP contribution in [-0.2, 0) is 16.1 Å². The van der Waals surface area contributed by atoms with Gasteiger partial charge in [-0.2, -0.15) is 0 Å². The molecule has 1 aromatic carbocycles. The molecule has 0 saturated carbocycles. The molecule has 3 N–H and O–H groups in total. The fourth-order valence-electron chi connectivity index (χ4n) is 2.20. The van der Waals surface area contributed by atoms with E-state index in [0.717, 1.165) is 17.7 Å². The highest BCUT2D eigenvalue weighted by Gasteiger charge is 2.29. The molecule has 0 aliphatic carbocycles. The first-order valence-electron chi connectivity index (χ1n) is 7.27. The molecule has 1 amide bonds. The minimum atomic E-state index is -0.671. The fraction of sp³-hybridized carbons (Fsp3) is 0.562. The van der Waals surface area contributed by atoms with E-state index >= 15 is 0 Å². The fourth-order valence-corrected chi connectivity index (χ4v) is 2.20. The largest absolute Gasteiger partial charge is 0.494 e. The molecule has 0 aromatic heterocycles. The highest BCUT2D eigenvalue weighted by atomic mass is 16.5. The van der Waals surface area contributed by atoms with Gasteiger partial charge in [0.15, 0.2) is 0 Å². The van der Waals surface area contributed by atoms with Crippen LogP contribution in [0.4, 0.5) is 0 Å². The first kappa shape index (κ1) is 17.5. The first-order valence-corrected chi connectivity index (χ1v) is 7.27. The molecule has 0 aliphatic rings. The lowest BCUT2D eigenvalue weighted by atomic mass is 9.95. The third-order valence-electron chi connectivity index (χ3n) is 3.41. The van der Waals surface area contributed by atoms with Gasteiger partial charge in [-0.05, 0) is 44.0 Å². The van der Waals surface area contributed by atoms with Gasteiger partial charge >= 0.3 is 0 Å². The van der Waals surface area contributed by atoms with Crippen molar-refractivity contribution in [2.75, 3.05) is 20.3 Å². The van der Waals surface area contributed by atoms with Crippen molar-refractivity contribution in [3.63, 3.8) is 0 Å². The van der Waals surface area contributed by atoms with Crippen molar-refractivity contribution >= 4 is 5.91 Å². The Bertz CT molecular complexity index is 451. The van der Waals surface area contributed by atoms with Gasteiger partial charge in [0.05, 0.1) is 18.8 Å². The lowest BCUT2D eigenvalue weighted by molar-refractivity contribution is -0.124. The SMILES string of the molecule is CCNC(C)(CCCOc1cccc(COC)c1)C(N)=O. The van der Waals surface area contributed by atoms with Gasteiger partial charge in [0.2, 0.25) is 5.91 Å². The minimum Gasteiger partial charge on any atom is -0.494 e. The standard InChI is InChI=1S/C16H26N2O3/c1-4-18-16(2,15(17)19)9-6-10-21-14-8-5-7-13(11-14)12-20-3/h5,7-8,11,18H,4,6,9-10,12H2,1-3H3,(H2,17,19). The van der Waals surface area contributed by atoms with Crippen LogP contribution in [0.3, 0.4) is 0 Å². The number of benzene rings is 1. The molecule has 0 saturated heterocycles. The molecule has 1 rings (SSSR count). The Labute approximate surface area is 126 Å². The normalized spacial score (nSPS) is 13.7. The predicted molar refractivity (Wildman–Crippen MR) is 83.2 cm³/mol. The number of nitrogens with one attached hydrogen (secondary N) is 1. The summed E-state index contributed by atoms with van der Waals surface area (Å²) in [6.07, 6.45) is 1.40. The molecule has 118 valence electrons. The van der Waals surface area contributed by atoms with Gasteiger partial charge in [-0.25, -0.2) is 0 Å². The Hall–Kier alpha value is -1.59. The number of amides is 1. The summed E-state index contributed by atoms with van der Waals surface area (Å²) in [7, 11) is 1.67. The number of rotatable bonds is 10. The number of carbonyl (C=O) groups is 1. The van der Waals surface area contributed by atoms with Gasteiger partial charge < -0.3 is 20.5 Å². The average Bonchev–Trinajstić information content (AvgIpc) is 2.45. The van der Waals surface area contributed by atoms with Crippen molar-refractivity contribution in [3.05, 3.63) is 29.8 Å². The molecule has 0 bridgehead atoms. The van der Waals surface area contributed by atoms with Crippen molar-refractivity contribution in [1.82, 2.24) is 5.32 Å². The molecule has 21 heavy (non-hydrogen) atoms. The number of nitrogens with two attached hydrogens (primary N) is 1. The van der Waals surface area contributed by atoms with Crippen LogP contribution in [-0.4, -0.2) is 31.7 Å². The van der Waals surface area contributed by atoms with Crippen LogP contribution < -0.4 is 15.8 Å². The first-order chi connectivity index (χ1) is 10.0. The summed E-state index contributed by atoms with van der Waals surface area (Å²) in [6.45, 7) is 5.61. The van der Waals surface area contributed by atoms with Crippen LogP contribution in [0, 0.1) is 0 Å². The van der Waals surface area contributed by atoms with Crippen LogP contribution in [0.2, 0.25) is 0 Å². The number of carbonyl (C=O) groups excluding carboxylic acids is 1. The van der Waals surface area contributed by atoms with Crippen LogP contribution >= 0.6 is 0 Å². The number of hydrogen-bond donors (Lipinski definition) is 2. The lowest BCUT2D eigenvalue weighted by Gasteiger charge is -2.26. The summed E-state index contributed by atoms with van der Waals surface area (Å²) in [6, 6.07) is 7.80. The van der Waals surface area contributed by atoms with E-state index in [9.17, 15) is 4.79 Å². The second kappa shape index (κ2) is 8.64. The molecule has 1 unspecified atom stereocenters. The number of likely N-dealkylation sites (N-methyl/N-ethyl adjacent to an activating group) is 1. The molecular formula is C16H26N2O3. The molecule has 0 fully saturated rings. The van der Waals surface area contributed by atoms with Gasteiger partial charge in [0.25, 0.3) is 0 Å². The van der Waals surface area contributed by atoms with E-state index in [0.29, 0.717) is 26.2 Å². The molecule has 1 aromatic rings. The Morgan fingerprint density at radius 1 is 1.43 bits per heavy atom. The highest BCUT2D eigenvalue weighted by molar-refractivity contribution is 5.84. The van der Waals surface area contributed by atoms with Crippen LogP contribution in [0.25, 0.3) is 0 Å². The van der Waals surface area contributed by atoms with Gasteiger partial charge in [-0.3, -0.25) is 4.79 Å². The van der Waals surface area contributed by atoms with Gasteiger partial charge in [0.1, 0.15) is 5.75 Å². The molecule has 0 radical (unpaired) electrons. The molecule has 0 aliphatic heterocycles. The third-order valence-corrected chi connectivity index (χ3v) is 3.41. The number of hydrogen-bond acceptors (Lipinski definition) is 4. The van der Waals surface area contributed by atoms with Crippen LogP contribution in [0.15, 0.2) is 24.3 Å². The second-order valence-electron chi connectivity index (χ2n) is 5.26. The van der Waals surface area contributed by atoms with E-state index in [-0.39, 0.29) is 5.91 Å². The third kappa shape index (κ3) is 5.73. The van der Waals surface area contributed by atoms with Gasteiger partial charge in [-0.1, -0.05) is 19.1 Å². The lowest BCUT2D eigenvalue weighted by Crippen LogP contribution is -2.53. The molecule has 0 heterocycles. The van der Waals surface area contributed by atoms with E-state index in [4.69, 9.17) is 15.2 Å². The summed E-state index contributed by atoms with van der Waals surface area (Å²) >= 11 is 0. The Morgan fingerprint density at radius 2 is 2.19 bits per heavy atom. The predicted octanol–water partition coefficient (Wildman–Crippen LogP) is 1.85. The topological polar surface area (TPSA) is 73.6 Å². The van der Waals surface area contributed by atoms with E-state index in [1.807, 2.05) is 38.1 Å². The highest BCUT2D eigenvalue weighted by Crippen LogP contribution is 2.16. The van der Waals surface area contributed by atoms with Crippen molar-refractivity contribution in [2.45, 2.75) is 38.8 Å². The summed E-state index contributed by atoms with van der Waals surface area (Å²) in [4.78, 5) is 11.5. The quantitative estimate of drug-likeness (QED) is 0.646. The Balaban J connectivity index is 2.42. The maximum Gasteiger partial charge on any atom is 0.237 e. The Kier molecular flexibility index (Phi) is 7.19. The van der Waals surface area contributed by atoms with Crippen molar-refractivity contribution in [2.24, 2.45) is 5.73 Å². The van der Waals surface area contributed by atoms with E-state index in [1.165, 1.54) is 0 Å². The van der Waals surface area contributed by atoms with Gasteiger partial charge in [-0.15, -0.1) is 0 Å². The molecule has 5 nitrogen and oxygen atoms in total. The molecule has 0 spiro atoms. The zero-order chi connectivity index (χ0) is 15.7. The summed E-state index contributed by atoms with van der Waals surface area (Å²) < 4.78 is 10.8. The summed E-state index contributed by atoms with van der Waals surface area (Å²) in [5, 5.41) is 3.14. The van der Waals surface area contributed by atoms with Crippen LogP contribution in [0.5, 0.6) is 5.75 Å². The van der Waals surface area contributed by atoms with Crippen molar-refractivity contribution in [3.8, 4) is 5.75 Å². The monoisotopic (exact) mass is 294 g/mol. The maximum absolute atomic E-state index is 11.5. The van der Waals surface area contributed by atoms with E-state index in [2.05, 4.69) is 5.32 Å². The minimum absolute atomic E-state index is 0.327. The van der Waals surface area contributed by atoms with Crippen molar-refractivity contribution in [1.29, 1.82) is 0 Å². The molecule has 5 heteroatoms. The molecular weight excluding hydrogens is 268 g/mol. The van der Waals surface area contributed by atoms with Crippen molar-refractivity contribution < 1.29 is 14.3 Å². The second-order valence-corrected chi connectivity index (χ2v) is 5.26. The van der Waals surface area contributed by atoms with E-state index in [1.54, 1.807) is 7.11 Å². The zero-order valence-corrected chi connectivity index (χ0v) is 13.1. The van der Waals surface area contributed by atoms with Gasteiger partial charge in [0, 0.05) is 7.11 Å². The Morgan fingerprint density at radius 3 is 2.81 bits per heavy atom.